The Kier molecular flexibility index (Phi) is 2.90. The van der Waals surface area contributed by atoms with Gasteiger partial charge in [-0.1, -0.05) is 24.3 Å². The summed E-state index contributed by atoms with van der Waals surface area (Å²) in [5.74, 6) is -0.419. The number of aliphatic imine (C=N–C) groups is 1. The van der Waals surface area contributed by atoms with E-state index in [1.54, 1.807) is 42.5 Å². The van der Waals surface area contributed by atoms with Crippen LogP contribution in [0.4, 0.5) is 15.8 Å². The van der Waals surface area contributed by atoms with Crippen molar-refractivity contribution >= 4 is 23.0 Å². The third-order valence-corrected chi connectivity index (χ3v) is 4.38. The van der Waals surface area contributed by atoms with Crippen molar-refractivity contribution in [3.8, 4) is 0 Å². The third kappa shape index (κ3) is 1.93. The van der Waals surface area contributed by atoms with E-state index in [-0.39, 0.29) is 12.3 Å². The van der Waals surface area contributed by atoms with Crippen molar-refractivity contribution in [3.63, 3.8) is 0 Å². The largest absolute Gasteiger partial charge is 0.374 e. The van der Waals surface area contributed by atoms with Crippen molar-refractivity contribution in [2.75, 3.05) is 4.90 Å². The van der Waals surface area contributed by atoms with Gasteiger partial charge in [-0.05, 0) is 36.8 Å². The number of benzene rings is 2. The Labute approximate surface area is 132 Å². The number of Topliss-reactive ketones (excluding diaryl/α,β-unsaturated/α-hetero) is 1. The van der Waals surface area contributed by atoms with Gasteiger partial charge in [-0.15, -0.1) is 0 Å². The van der Waals surface area contributed by atoms with Crippen molar-refractivity contribution in [2.45, 2.75) is 25.2 Å². The van der Waals surface area contributed by atoms with Gasteiger partial charge in [0.2, 0.25) is 5.78 Å². The maximum atomic E-state index is 14.6. The Morgan fingerprint density at radius 2 is 2.00 bits per heavy atom. The van der Waals surface area contributed by atoms with Gasteiger partial charge in [-0.3, -0.25) is 9.69 Å². The van der Waals surface area contributed by atoms with Gasteiger partial charge in [-0.25, -0.2) is 9.38 Å². The molecule has 1 saturated heterocycles. The van der Waals surface area contributed by atoms with Crippen LogP contribution < -0.4 is 4.90 Å². The minimum absolute atomic E-state index is 0.0688. The molecule has 0 amide bonds. The smallest absolute Gasteiger partial charge is 0.204 e. The number of hydrogen-bond acceptors (Lipinski definition) is 4. The van der Waals surface area contributed by atoms with E-state index in [1.807, 2.05) is 13.0 Å². The van der Waals surface area contributed by atoms with E-state index < -0.39 is 17.7 Å². The number of carbonyl (C=O) groups excluding carboxylic acids is 1. The molecule has 5 heteroatoms. The van der Waals surface area contributed by atoms with Crippen LogP contribution in [0.25, 0.3) is 0 Å². The van der Waals surface area contributed by atoms with Crippen LogP contribution in [0.2, 0.25) is 0 Å². The van der Waals surface area contributed by atoms with Crippen LogP contribution in [0, 0.1) is 6.92 Å². The maximum Gasteiger partial charge on any atom is 0.204 e. The first-order valence-corrected chi connectivity index (χ1v) is 7.46. The van der Waals surface area contributed by atoms with Crippen molar-refractivity contribution < 1.29 is 14.3 Å². The predicted octanol–water partition coefficient (Wildman–Crippen LogP) is 3.16. The first-order valence-electron chi connectivity index (χ1n) is 7.46. The molecule has 0 aromatic heterocycles. The van der Waals surface area contributed by atoms with E-state index in [2.05, 4.69) is 4.99 Å². The number of halogens is 1. The van der Waals surface area contributed by atoms with Gasteiger partial charge in [0.15, 0.2) is 17.7 Å². The molecule has 0 aliphatic carbocycles. The summed E-state index contributed by atoms with van der Waals surface area (Å²) in [6, 6.07) is 14.1. The fourth-order valence-corrected chi connectivity index (χ4v) is 3.23. The molecule has 116 valence electrons. The lowest BCUT2D eigenvalue weighted by atomic mass is 9.87. The number of amidine groups is 1. The lowest BCUT2D eigenvalue weighted by Gasteiger charge is -2.29. The second-order valence-electron chi connectivity index (χ2n) is 5.99. The second-order valence-corrected chi connectivity index (χ2v) is 5.99. The number of anilines is 1. The van der Waals surface area contributed by atoms with Crippen LogP contribution in [0.3, 0.4) is 0 Å². The summed E-state index contributed by atoms with van der Waals surface area (Å²) in [7, 11) is 0. The minimum atomic E-state index is -1.91. The van der Waals surface area contributed by atoms with Crippen molar-refractivity contribution in [1.82, 2.24) is 0 Å². The number of aliphatic hydroxyl groups is 1. The molecular formula is C18H15FN2O2. The molecule has 2 aromatic rings. The summed E-state index contributed by atoms with van der Waals surface area (Å²) in [5.41, 5.74) is 0.428. The van der Waals surface area contributed by atoms with Crippen molar-refractivity contribution in [1.29, 1.82) is 0 Å². The summed E-state index contributed by atoms with van der Waals surface area (Å²) in [6.07, 6.45) is -1.81. The lowest BCUT2D eigenvalue weighted by Crippen LogP contribution is -2.48. The van der Waals surface area contributed by atoms with E-state index in [4.69, 9.17) is 0 Å². The second kappa shape index (κ2) is 4.73. The SMILES string of the molecule is Cc1ccc2c(c1)N=C1N(c3ccccc3)[C@@H](F)CC1(O)C2=O. The number of ketones is 1. The normalized spacial score (nSPS) is 25.9. The number of para-hydroxylation sites is 1. The molecule has 2 aliphatic heterocycles. The van der Waals surface area contributed by atoms with Crippen LogP contribution in [0.1, 0.15) is 22.3 Å². The average molecular weight is 310 g/mol. The quantitative estimate of drug-likeness (QED) is 0.823. The van der Waals surface area contributed by atoms with Gasteiger partial charge >= 0.3 is 0 Å². The molecule has 4 rings (SSSR count). The van der Waals surface area contributed by atoms with E-state index in [0.29, 0.717) is 16.9 Å². The van der Waals surface area contributed by atoms with Gasteiger partial charge in [-0.2, -0.15) is 0 Å². The minimum Gasteiger partial charge on any atom is -0.374 e. The highest BCUT2D eigenvalue weighted by molar-refractivity contribution is 6.28. The van der Waals surface area contributed by atoms with Gasteiger partial charge in [0, 0.05) is 17.7 Å². The Hall–Kier alpha value is -2.53. The molecule has 1 fully saturated rings. The van der Waals surface area contributed by atoms with E-state index in [9.17, 15) is 14.3 Å². The van der Waals surface area contributed by atoms with Crippen molar-refractivity contribution in [3.05, 3.63) is 59.7 Å². The molecule has 1 N–H and O–H groups in total. The van der Waals surface area contributed by atoms with E-state index >= 15 is 0 Å². The molecule has 2 heterocycles. The van der Waals surface area contributed by atoms with E-state index in [0.717, 1.165) is 5.56 Å². The Bertz CT molecular complexity index is 834. The van der Waals surface area contributed by atoms with Gasteiger partial charge < -0.3 is 5.11 Å². The van der Waals surface area contributed by atoms with Gasteiger partial charge in [0.25, 0.3) is 0 Å². The predicted molar refractivity (Wildman–Crippen MR) is 86.0 cm³/mol. The first kappa shape index (κ1) is 14.1. The number of aryl methyl sites for hydroxylation is 1. The fourth-order valence-electron chi connectivity index (χ4n) is 3.23. The summed E-state index contributed by atoms with van der Waals surface area (Å²) in [6.45, 7) is 1.90. The fraction of sp³-hybridized carbons (Fsp3) is 0.222. The summed E-state index contributed by atoms with van der Waals surface area (Å²) >= 11 is 0. The highest BCUT2D eigenvalue weighted by Crippen LogP contribution is 2.42. The summed E-state index contributed by atoms with van der Waals surface area (Å²) < 4.78 is 14.6. The third-order valence-electron chi connectivity index (χ3n) is 4.38. The van der Waals surface area contributed by atoms with Gasteiger partial charge in [0.05, 0.1) is 5.69 Å². The summed E-state index contributed by atoms with van der Waals surface area (Å²) in [5, 5.41) is 10.8. The maximum absolute atomic E-state index is 14.6. The number of alkyl halides is 1. The molecule has 4 nitrogen and oxygen atoms in total. The van der Waals surface area contributed by atoms with Crippen LogP contribution >= 0.6 is 0 Å². The Balaban J connectivity index is 1.92. The van der Waals surface area contributed by atoms with Crippen LogP contribution in [-0.2, 0) is 0 Å². The highest BCUT2D eigenvalue weighted by Gasteiger charge is 2.56. The lowest BCUT2D eigenvalue weighted by molar-refractivity contribution is 0.0549. The molecule has 2 atom stereocenters. The highest BCUT2D eigenvalue weighted by atomic mass is 19.1. The number of fused-ring (bicyclic) bond motifs is 2. The number of nitrogens with zero attached hydrogens (tertiary/aromatic N) is 2. The molecule has 0 saturated carbocycles. The van der Waals surface area contributed by atoms with Crippen LogP contribution in [-0.4, -0.2) is 28.6 Å². The topological polar surface area (TPSA) is 52.9 Å². The Morgan fingerprint density at radius 1 is 1.26 bits per heavy atom. The zero-order valence-electron chi connectivity index (χ0n) is 12.5. The molecule has 0 bridgehead atoms. The number of carbonyl (C=O) groups is 1. The monoisotopic (exact) mass is 310 g/mol. The molecule has 0 spiro atoms. The zero-order valence-corrected chi connectivity index (χ0v) is 12.5. The Morgan fingerprint density at radius 3 is 2.74 bits per heavy atom. The molecule has 2 aliphatic rings. The molecule has 2 aromatic carbocycles. The van der Waals surface area contributed by atoms with Crippen LogP contribution in [0.15, 0.2) is 53.5 Å². The molecule has 0 radical (unpaired) electrons. The molecular weight excluding hydrogens is 295 g/mol. The van der Waals surface area contributed by atoms with Crippen molar-refractivity contribution in [2.24, 2.45) is 4.99 Å². The summed E-state index contributed by atoms with van der Waals surface area (Å²) in [4.78, 5) is 18.5. The molecule has 23 heavy (non-hydrogen) atoms. The average Bonchev–Trinajstić information content (AvgIpc) is 2.79. The van der Waals surface area contributed by atoms with E-state index in [1.165, 1.54) is 4.90 Å². The molecule has 1 unspecified atom stereocenters. The van der Waals surface area contributed by atoms with Gasteiger partial charge in [0.1, 0.15) is 0 Å². The number of rotatable bonds is 1. The zero-order chi connectivity index (χ0) is 16.2. The van der Waals surface area contributed by atoms with Crippen LogP contribution in [0.5, 0.6) is 0 Å². The number of hydrogen-bond donors (Lipinski definition) is 1. The first-order chi connectivity index (χ1) is 11.0. The standard InChI is InChI=1S/C18H15FN2O2/c1-11-7-8-13-14(9-11)20-17-18(23,16(13)22)10-15(19)21(17)12-5-3-2-4-6-12/h2-9,15,23H,10H2,1H3/t15-,18?/m1/s1.